The average molecular weight is 489 g/mol. The number of nitrogens with zero attached hydrogens (tertiary/aromatic N) is 1. The van der Waals surface area contributed by atoms with Gasteiger partial charge in [0.2, 0.25) is 5.91 Å². The maximum absolute atomic E-state index is 13.2. The highest BCUT2D eigenvalue weighted by molar-refractivity contribution is 9.10. The zero-order valence-electron chi connectivity index (χ0n) is 19.3. The molecule has 168 valence electrons. The van der Waals surface area contributed by atoms with Gasteiger partial charge in [0, 0.05) is 17.1 Å². The van der Waals surface area contributed by atoms with Crippen LogP contribution >= 0.6 is 15.9 Å². The number of carbonyl (C=O) groups excluding carboxylic acids is 2. The van der Waals surface area contributed by atoms with Crippen LogP contribution in [0.25, 0.3) is 0 Å². The summed E-state index contributed by atoms with van der Waals surface area (Å²) >= 11 is 3.43. The smallest absolute Gasteiger partial charge is 0.261 e. The summed E-state index contributed by atoms with van der Waals surface area (Å²) in [5.41, 5.74) is 4.16. The molecule has 2 rings (SSSR count). The topological polar surface area (TPSA) is 58.6 Å². The van der Waals surface area contributed by atoms with E-state index in [0.29, 0.717) is 12.3 Å². The summed E-state index contributed by atoms with van der Waals surface area (Å²) in [6, 6.07) is 11.2. The molecule has 2 atom stereocenters. The first kappa shape index (κ1) is 24.9. The van der Waals surface area contributed by atoms with Crippen molar-refractivity contribution in [3.63, 3.8) is 0 Å². The summed E-state index contributed by atoms with van der Waals surface area (Å²) in [5, 5.41) is 2.98. The van der Waals surface area contributed by atoms with Gasteiger partial charge in [0.1, 0.15) is 11.8 Å². The summed E-state index contributed by atoms with van der Waals surface area (Å²) in [6.45, 7) is 11.9. The van der Waals surface area contributed by atoms with Crippen molar-refractivity contribution in [1.82, 2.24) is 10.2 Å². The zero-order chi connectivity index (χ0) is 23.1. The molecule has 31 heavy (non-hydrogen) atoms. The van der Waals surface area contributed by atoms with Gasteiger partial charge in [-0.1, -0.05) is 41.1 Å². The van der Waals surface area contributed by atoms with Crippen molar-refractivity contribution in [3.05, 3.63) is 63.1 Å². The van der Waals surface area contributed by atoms with Crippen molar-refractivity contribution in [1.29, 1.82) is 0 Å². The van der Waals surface area contributed by atoms with Crippen LogP contribution in [0.15, 0.2) is 40.9 Å². The molecule has 5 nitrogen and oxygen atoms in total. The van der Waals surface area contributed by atoms with Crippen LogP contribution in [0.3, 0.4) is 0 Å². The summed E-state index contributed by atoms with van der Waals surface area (Å²) in [4.78, 5) is 27.5. The average Bonchev–Trinajstić information content (AvgIpc) is 2.73. The Labute approximate surface area is 194 Å². The third-order valence-corrected chi connectivity index (χ3v) is 6.08. The second-order valence-corrected chi connectivity index (χ2v) is 9.05. The Bertz CT molecular complexity index is 912. The molecule has 0 aliphatic carbocycles. The second-order valence-electron chi connectivity index (χ2n) is 8.14. The first-order valence-corrected chi connectivity index (χ1v) is 11.5. The van der Waals surface area contributed by atoms with Gasteiger partial charge in [0.05, 0.1) is 0 Å². The van der Waals surface area contributed by atoms with Gasteiger partial charge in [-0.05, 0) is 81.5 Å². The van der Waals surface area contributed by atoms with E-state index < -0.39 is 6.04 Å². The molecule has 2 amide bonds. The number of hydrogen-bond donors (Lipinski definition) is 1. The van der Waals surface area contributed by atoms with Crippen LogP contribution in [-0.2, 0) is 16.1 Å². The molecule has 2 aromatic rings. The molecule has 0 unspecified atom stereocenters. The molecule has 0 aromatic heterocycles. The van der Waals surface area contributed by atoms with Gasteiger partial charge in [-0.3, -0.25) is 9.59 Å². The van der Waals surface area contributed by atoms with Gasteiger partial charge in [0.25, 0.3) is 5.91 Å². The highest BCUT2D eigenvalue weighted by Crippen LogP contribution is 2.23. The highest BCUT2D eigenvalue weighted by atomic mass is 79.9. The van der Waals surface area contributed by atoms with Gasteiger partial charge in [-0.15, -0.1) is 0 Å². The first-order valence-electron chi connectivity index (χ1n) is 10.7. The van der Waals surface area contributed by atoms with E-state index in [1.807, 2.05) is 65.0 Å². The molecule has 0 saturated carbocycles. The molecule has 1 N–H and O–H groups in total. The highest BCUT2D eigenvalue weighted by Gasteiger charge is 2.27. The van der Waals surface area contributed by atoms with Crippen LogP contribution in [0.1, 0.15) is 49.4 Å². The van der Waals surface area contributed by atoms with Crippen LogP contribution in [0.5, 0.6) is 5.75 Å². The van der Waals surface area contributed by atoms with Crippen LogP contribution in [-0.4, -0.2) is 35.4 Å². The largest absolute Gasteiger partial charge is 0.483 e. The fraction of sp³-hybridized carbons (Fsp3) is 0.440. The zero-order valence-corrected chi connectivity index (χ0v) is 20.9. The van der Waals surface area contributed by atoms with E-state index in [-0.39, 0.29) is 24.5 Å². The number of benzene rings is 2. The van der Waals surface area contributed by atoms with E-state index in [0.717, 1.165) is 33.1 Å². The van der Waals surface area contributed by atoms with Crippen molar-refractivity contribution in [3.8, 4) is 5.75 Å². The molecule has 0 aliphatic heterocycles. The summed E-state index contributed by atoms with van der Waals surface area (Å²) in [5.74, 6) is 0.307. The van der Waals surface area contributed by atoms with E-state index in [9.17, 15) is 9.59 Å². The van der Waals surface area contributed by atoms with Crippen LogP contribution < -0.4 is 10.1 Å². The molecular formula is C25H33BrN2O3. The van der Waals surface area contributed by atoms with Gasteiger partial charge in [-0.25, -0.2) is 0 Å². The predicted octanol–water partition coefficient (Wildman–Crippen LogP) is 5.09. The first-order chi connectivity index (χ1) is 14.6. The normalized spacial score (nSPS) is 12.7. The lowest BCUT2D eigenvalue weighted by atomic mass is 10.1. The Morgan fingerprint density at radius 2 is 1.74 bits per heavy atom. The third-order valence-electron chi connectivity index (χ3n) is 5.55. The molecule has 0 aliphatic rings. The van der Waals surface area contributed by atoms with Crippen molar-refractivity contribution in [2.75, 3.05) is 6.61 Å². The summed E-state index contributed by atoms with van der Waals surface area (Å²) in [6.07, 6.45) is 0.828. The Kier molecular flexibility index (Phi) is 9.11. The quantitative estimate of drug-likeness (QED) is 0.534. The van der Waals surface area contributed by atoms with Crippen molar-refractivity contribution in [2.24, 2.45) is 0 Å². The van der Waals surface area contributed by atoms with Crippen molar-refractivity contribution < 1.29 is 14.3 Å². The van der Waals surface area contributed by atoms with E-state index in [4.69, 9.17) is 4.74 Å². The van der Waals surface area contributed by atoms with E-state index in [2.05, 4.69) is 27.3 Å². The summed E-state index contributed by atoms with van der Waals surface area (Å²) in [7, 11) is 0. The minimum atomic E-state index is -0.617. The Morgan fingerprint density at radius 1 is 1.10 bits per heavy atom. The van der Waals surface area contributed by atoms with E-state index >= 15 is 0 Å². The molecule has 0 fully saturated rings. The molecule has 0 heterocycles. The van der Waals surface area contributed by atoms with Crippen molar-refractivity contribution in [2.45, 2.75) is 66.6 Å². The SMILES string of the molecule is CC[C@@H](C)NC(=O)[C@H](C)N(Cc1ccc(Br)cc1)C(=O)COc1cc(C)cc(C)c1C. The monoisotopic (exact) mass is 488 g/mol. The maximum Gasteiger partial charge on any atom is 0.261 e. The third kappa shape index (κ3) is 7.10. The van der Waals surface area contributed by atoms with Crippen molar-refractivity contribution >= 4 is 27.7 Å². The van der Waals surface area contributed by atoms with Gasteiger partial charge in [-0.2, -0.15) is 0 Å². The minimum absolute atomic E-state index is 0.0498. The molecule has 6 heteroatoms. The Hall–Kier alpha value is -2.34. The number of hydrogen-bond acceptors (Lipinski definition) is 3. The Morgan fingerprint density at radius 3 is 2.35 bits per heavy atom. The van der Waals surface area contributed by atoms with E-state index in [1.165, 1.54) is 0 Å². The van der Waals surface area contributed by atoms with Gasteiger partial charge >= 0.3 is 0 Å². The van der Waals surface area contributed by atoms with Gasteiger partial charge < -0.3 is 15.0 Å². The Balaban J connectivity index is 2.20. The molecule has 0 bridgehead atoms. The molecule has 2 aromatic carbocycles. The lowest BCUT2D eigenvalue weighted by molar-refractivity contribution is -0.142. The fourth-order valence-electron chi connectivity index (χ4n) is 3.21. The standard InChI is InChI=1S/C25H33BrN2O3/c1-7-18(4)27-25(30)20(6)28(14-21-8-10-22(26)11-9-21)24(29)15-31-23-13-16(2)12-17(3)19(23)5/h8-13,18,20H,7,14-15H2,1-6H3,(H,27,30)/t18-,20+/m1/s1. The minimum Gasteiger partial charge on any atom is -0.483 e. The van der Waals surface area contributed by atoms with Crippen LogP contribution in [0.2, 0.25) is 0 Å². The van der Waals surface area contributed by atoms with E-state index in [1.54, 1.807) is 11.8 Å². The second kappa shape index (κ2) is 11.3. The van der Waals surface area contributed by atoms with Crippen LogP contribution in [0, 0.1) is 20.8 Å². The summed E-state index contributed by atoms with van der Waals surface area (Å²) < 4.78 is 6.86. The molecular weight excluding hydrogens is 456 g/mol. The number of aryl methyl sites for hydroxylation is 2. The number of amides is 2. The van der Waals surface area contributed by atoms with Crippen LogP contribution in [0.4, 0.5) is 0 Å². The lowest BCUT2D eigenvalue weighted by Gasteiger charge is -2.29. The predicted molar refractivity (Wildman–Crippen MR) is 128 cm³/mol. The number of nitrogens with one attached hydrogen (secondary N) is 1. The number of ether oxygens (including phenoxy) is 1. The molecule has 0 saturated heterocycles. The number of carbonyl (C=O) groups is 2. The van der Waals surface area contributed by atoms with Gasteiger partial charge in [0.15, 0.2) is 6.61 Å². The lowest BCUT2D eigenvalue weighted by Crippen LogP contribution is -2.50. The number of rotatable bonds is 9. The fourth-order valence-corrected chi connectivity index (χ4v) is 3.47. The molecule has 0 radical (unpaired) electrons. The number of halogens is 1. The molecule has 0 spiro atoms. The maximum atomic E-state index is 13.2.